The lowest BCUT2D eigenvalue weighted by Gasteiger charge is -2.11. The number of rotatable bonds is 4. The van der Waals surface area contributed by atoms with Crippen LogP contribution in [0.1, 0.15) is 35.1 Å². The molecule has 0 aliphatic carbocycles. The first-order valence-electron chi connectivity index (χ1n) is 10.2. The van der Waals surface area contributed by atoms with Crippen LogP contribution >= 0.6 is 11.6 Å². The minimum absolute atomic E-state index is 0.0864. The summed E-state index contributed by atoms with van der Waals surface area (Å²) in [7, 11) is 0. The Morgan fingerprint density at radius 3 is 2.65 bits per heavy atom. The van der Waals surface area contributed by atoms with Crippen LogP contribution in [0.25, 0.3) is 16.9 Å². The van der Waals surface area contributed by atoms with E-state index in [1.54, 1.807) is 17.7 Å². The number of nitrogens with one attached hydrogen (secondary N) is 1. The molecule has 1 amide bonds. The molecule has 0 radical (unpaired) electrons. The Morgan fingerprint density at radius 2 is 1.87 bits per heavy atom. The minimum atomic E-state index is -0.376. The zero-order valence-corrected chi connectivity index (χ0v) is 17.8. The molecule has 1 aliphatic rings. The van der Waals surface area contributed by atoms with Crippen LogP contribution in [0.4, 0.5) is 5.69 Å². The number of aryl methyl sites for hydroxylation is 3. The molecule has 4 aromatic rings. The summed E-state index contributed by atoms with van der Waals surface area (Å²) in [4.78, 5) is 21.7. The maximum Gasteiger partial charge on any atom is 0.295 e. The second kappa shape index (κ2) is 8.00. The van der Waals surface area contributed by atoms with Crippen LogP contribution in [-0.2, 0) is 13.0 Å². The van der Waals surface area contributed by atoms with Crippen LogP contribution in [0.2, 0.25) is 5.02 Å². The van der Waals surface area contributed by atoms with Gasteiger partial charge in [-0.05, 0) is 44.0 Å². The van der Waals surface area contributed by atoms with Crippen molar-refractivity contribution < 1.29 is 4.79 Å². The number of benzene rings is 2. The zero-order chi connectivity index (χ0) is 21.4. The minimum Gasteiger partial charge on any atom is -0.334 e. The largest absolute Gasteiger partial charge is 0.334 e. The quantitative estimate of drug-likeness (QED) is 0.507. The number of nitrogens with zero attached hydrogens (tertiary/aromatic N) is 5. The van der Waals surface area contributed by atoms with Crippen LogP contribution in [0.3, 0.4) is 0 Å². The third kappa shape index (κ3) is 3.84. The fraction of sp³-hybridized carbons (Fsp3) is 0.217. The van der Waals surface area contributed by atoms with Crippen molar-refractivity contribution in [1.82, 2.24) is 24.3 Å². The highest BCUT2D eigenvalue weighted by molar-refractivity contribution is 6.32. The number of anilines is 1. The van der Waals surface area contributed by atoms with E-state index in [4.69, 9.17) is 16.6 Å². The highest BCUT2D eigenvalue weighted by Crippen LogP contribution is 2.24. The summed E-state index contributed by atoms with van der Waals surface area (Å²) in [6.45, 7) is 2.82. The Balaban J connectivity index is 1.32. The molecule has 0 saturated carbocycles. The lowest BCUT2D eigenvalue weighted by molar-refractivity contribution is 0.101. The Labute approximate surface area is 184 Å². The van der Waals surface area contributed by atoms with E-state index in [1.165, 1.54) is 12.8 Å². The van der Waals surface area contributed by atoms with Crippen molar-refractivity contribution in [3.63, 3.8) is 0 Å². The number of aromatic nitrogens is 5. The molecule has 156 valence electrons. The van der Waals surface area contributed by atoms with E-state index in [-0.39, 0.29) is 11.7 Å². The third-order valence-electron chi connectivity index (χ3n) is 5.40. The Morgan fingerprint density at radius 1 is 1.06 bits per heavy atom. The van der Waals surface area contributed by atoms with Crippen molar-refractivity contribution in [2.24, 2.45) is 0 Å². The molecule has 7 nitrogen and oxygen atoms in total. The van der Waals surface area contributed by atoms with Gasteiger partial charge in [0.05, 0.1) is 16.4 Å². The summed E-state index contributed by atoms with van der Waals surface area (Å²) in [6, 6.07) is 15.0. The number of amides is 1. The van der Waals surface area contributed by atoms with Crippen molar-refractivity contribution in [1.29, 1.82) is 0 Å². The number of carbonyl (C=O) groups is 1. The number of halogens is 1. The van der Waals surface area contributed by atoms with Crippen LogP contribution in [-0.4, -0.2) is 30.2 Å². The van der Waals surface area contributed by atoms with E-state index in [0.29, 0.717) is 22.2 Å². The van der Waals surface area contributed by atoms with Crippen LogP contribution < -0.4 is 5.32 Å². The first-order valence-corrected chi connectivity index (χ1v) is 10.6. The van der Waals surface area contributed by atoms with Crippen LogP contribution in [0, 0.1) is 6.92 Å². The summed E-state index contributed by atoms with van der Waals surface area (Å²) in [5, 5.41) is 7.73. The molecular weight excluding hydrogens is 412 g/mol. The first-order chi connectivity index (χ1) is 15.1. The van der Waals surface area contributed by atoms with Gasteiger partial charge < -0.3 is 9.88 Å². The van der Waals surface area contributed by atoms with E-state index >= 15 is 0 Å². The number of imidazole rings is 1. The topological polar surface area (TPSA) is 77.6 Å². The molecule has 1 aliphatic heterocycles. The number of hydrogen-bond acceptors (Lipinski definition) is 4. The van der Waals surface area contributed by atoms with Crippen molar-refractivity contribution >= 4 is 23.2 Å². The number of fused-ring (bicyclic) bond motifs is 1. The molecule has 0 fully saturated rings. The lowest BCUT2D eigenvalue weighted by Crippen LogP contribution is -2.14. The normalized spacial score (nSPS) is 13.1. The standard InChI is InChI=1S/C23H21ClN6O/c1-15-25-22(28-30(15)20-7-3-2-6-18(20)24)23(31)26-17-11-9-16(10-12-17)19-14-29-13-5-4-8-21(29)27-19/h2-3,6-7,9-12,14H,4-5,8,13H2,1H3,(H,26,31). The fourth-order valence-corrected chi connectivity index (χ4v) is 4.02. The predicted octanol–water partition coefficient (Wildman–Crippen LogP) is 4.68. The second-order valence-electron chi connectivity index (χ2n) is 7.57. The molecule has 8 heteroatoms. The molecule has 1 N–H and O–H groups in total. The second-order valence-corrected chi connectivity index (χ2v) is 7.98. The fourth-order valence-electron chi connectivity index (χ4n) is 3.80. The monoisotopic (exact) mass is 432 g/mol. The van der Waals surface area contributed by atoms with Gasteiger partial charge in [-0.2, -0.15) is 0 Å². The highest BCUT2D eigenvalue weighted by Gasteiger charge is 2.17. The van der Waals surface area contributed by atoms with Gasteiger partial charge in [0.15, 0.2) is 0 Å². The van der Waals surface area contributed by atoms with Crippen molar-refractivity contribution in [2.45, 2.75) is 32.7 Å². The lowest BCUT2D eigenvalue weighted by atomic mass is 10.1. The predicted molar refractivity (Wildman–Crippen MR) is 120 cm³/mol. The van der Waals surface area contributed by atoms with E-state index in [1.807, 2.05) is 42.5 Å². The smallest absolute Gasteiger partial charge is 0.295 e. The van der Waals surface area contributed by atoms with E-state index in [9.17, 15) is 4.79 Å². The van der Waals surface area contributed by atoms with E-state index < -0.39 is 0 Å². The molecule has 0 saturated heterocycles. The molecule has 0 atom stereocenters. The van der Waals surface area contributed by atoms with Gasteiger partial charge in [0.2, 0.25) is 5.82 Å². The van der Waals surface area contributed by atoms with Crippen molar-refractivity contribution in [3.05, 3.63) is 77.2 Å². The van der Waals surface area contributed by atoms with Crippen LogP contribution in [0.5, 0.6) is 0 Å². The van der Waals surface area contributed by atoms with Crippen molar-refractivity contribution in [2.75, 3.05) is 5.32 Å². The SMILES string of the molecule is Cc1nc(C(=O)Nc2ccc(-c3cn4c(n3)CCCC4)cc2)nn1-c1ccccc1Cl. The van der Waals surface area contributed by atoms with E-state index in [0.717, 1.165) is 30.0 Å². The van der Waals surface area contributed by atoms with Gasteiger partial charge in [-0.1, -0.05) is 35.9 Å². The van der Waals surface area contributed by atoms with Gasteiger partial charge in [-0.3, -0.25) is 4.79 Å². The van der Waals surface area contributed by atoms with Gasteiger partial charge in [0, 0.05) is 30.4 Å². The van der Waals surface area contributed by atoms with Crippen LogP contribution in [0.15, 0.2) is 54.7 Å². The van der Waals surface area contributed by atoms with Gasteiger partial charge in [-0.25, -0.2) is 14.6 Å². The summed E-state index contributed by atoms with van der Waals surface area (Å²) in [6.07, 6.45) is 5.53. The molecule has 0 bridgehead atoms. The number of hydrogen-bond donors (Lipinski definition) is 1. The average Bonchev–Trinajstić information content (AvgIpc) is 3.38. The Hall–Kier alpha value is -3.45. The average molecular weight is 433 g/mol. The maximum absolute atomic E-state index is 12.7. The molecule has 31 heavy (non-hydrogen) atoms. The van der Waals surface area contributed by atoms with Gasteiger partial charge in [-0.15, -0.1) is 5.10 Å². The van der Waals surface area contributed by atoms with Gasteiger partial charge >= 0.3 is 0 Å². The molecule has 5 rings (SSSR count). The Kier molecular flexibility index (Phi) is 5.03. The first kappa shape index (κ1) is 19.5. The summed E-state index contributed by atoms with van der Waals surface area (Å²) < 4.78 is 3.80. The third-order valence-corrected chi connectivity index (χ3v) is 5.72. The number of carbonyl (C=O) groups excluding carboxylic acids is 1. The number of para-hydroxylation sites is 1. The van der Waals surface area contributed by atoms with Crippen molar-refractivity contribution in [3.8, 4) is 16.9 Å². The molecular formula is C23H21ClN6O. The van der Waals surface area contributed by atoms with Gasteiger partial charge in [0.25, 0.3) is 5.91 Å². The highest BCUT2D eigenvalue weighted by atomic mass is 35.5. The maximum atomic E-state index is 12.7. The molecule has 2 aromatic heterocycles. The molecule has 3 heterocycles. The summed E-state index contributed by atoms with van der Waals surface area (Å²) in [5.74, 6) is 1.44. The molecule has 0 spiro atoms. The molecule has 0 unspecified atom stereocenters. The summed E-state index contributed by atoms with van der Waals surface area (Å²) >= 11 is 6.25. The summed E-state index contributed by atoms with van der Waals surface area (Å²) in [5.41, 5.74) is 3.34. The molecule has 2 aromatic carbocycles. The zero-order valence-electron chi connectivity index (χ0n) is 17.0. The van der Waals surface area contributed by atoms with Gasteiger partial charge in [0.1, 0.15) is 11.6 Å². The van der Waals surface area contributed by atoms with E-state index in [2.05, 4.69) is 26.2 Å². The Bertz CT molecular complexity index is 1230.